The van der Waals surface area contributed by atoms with Crippen molar-refractivity contribution < 1.29 is 27.2 Å². The van der Waals surface area contributed by atoms with E-state index in [1.165, 1.54) is 4.90 Å². The van der Waals surface area contributed by atoms with Gasteiger partial charge in [-0.2, -0.15) is 8.42 Å². The van der Waals surface area contributed by atoms with Crippen LogP contribution in [-0.4, -0.2) is 70.4 Å². The van der Waals surface area contributed by atoms with Crippen molar-refractivity contribution in [3.8, 4) is 17.0 Å². The number of methoxy groups -OCH3 is 1. The first-order valence-electron chi connectivity index (χ1n) is 10.7. The van der Waals surface area contributed by atoms with Crippen LogP contribution in [0.5, 0.6) is 5.75 Å². The molecule has 2 unspecified atom stereocenters. The molecule has 0 saturated carbocycles. The molecule has 2 N–H and O–H groups in total. The molecule has 4 aromatic rings. The number of nitrogens with one attached hydrogen (secondary N) is 1. The molecule has 11 heteroatoms. The number of H-pyrrole nitrogens is 1. The number of carbonyl (C=O) groups is 1. The van der Waals surface area contributed by atoms with Gasteiger partial charge in [0.15, 0.2) is 11.2 Å². The lowest BCUT2D eigenvalue weighted by molar-refractivity contribution is -0.124. The summed E-state index contributed by atoms with van der Waals surface area (Å²) >= 11 is 0. The largest absolute Gasteiger partial charge is 0.497 e. The molecule has 0 radical (unpaired) electrons. The van der Waals surface area contributed by atoms with E-state index in [9.17, 15) is 17.8 Å². The summed E-state index contributed by atoms with van der Waals surface area (Å²) in [5.41, 5.74) is 3.36. The second kappa shape index (κ2) is 8.51. The Morgan fingerprint density at radius 3 is 2.85 bits per heavy atom. The maximum atomic E-state index is 12.0. The van der Waals surface area contributed by atoms with Crippen molar-refractivity contribution >= 4 is 37.8 Å². The van der Waals surface area contributed by atoms with Gasteiger partial charge in [-0.15, -0.1) is 0 Å². The molecular formula is C23H24N4O6S. The van der Waals surface area contributed by atoms with Gasteiger partial charge in [0.1, 0.15) is 17.6 Å². The van der Waals surface area contributed by atoms with Crippen LogP contribution in [0, 0.1) is 0 Å². The summed E-state index contributed by atoms with van der Waals surface area (Å²) in [5.74, 6) is 0.0476. The lowest BCUT2D eigenvalue weighted by Crippen LogP contribution is -2.52. The Balaban J connectivity index is 1.60. The van der Waals surface area contributed by atoms with Crippen LogP contribution >= 0.6 is 0 Å². The summed E-state index contributed by atoms with van der Waals surface area (Å²) in [6, 6.07) is 11.5. The SMILES string of the molecule is COc1ccc2c(c1)c(-c1cc3cccnc3[nH]1)cn2C1CN(C(C(C)=O)S(=O)(=O)O)CCO1. The number of Topliss-reactive ketones (excluding diaryl/α,β-unsaturated/α-hetero) is 1. The molecular weight excluding hydrogens is 460 g/mol. The number of hydrogen-bond acceptors (Lipinski definition) is 7. The van der Waals surface area contributed by atoms with Crippen LogP contribution in [0.4, 0.5) is 0 Å². The van der Waals surface area contributed by atoms with Crippen LogP contribution in [0.15, 0.2) is 48.8 Å². The fourth-order valence-electron chi connectivity index (χ4n) is 4.60. The molecule has 0 spiro atoms. The Morgan fingerprint density at radius 1 is 1.32 bits per heavy atom. The zero-order chi connectivity index (χ0) is 24.0. The summed E-state index contributed by atoms with van der Waals surface area (Å²) in [6.07, 6.45) is 3.07. The minimum Gasteiger partial charge on any atom is -0.497 e. The lowest BCUT2D eigenvalue weighted by atomic mass is 10.1. The number of nitrogens with zero attached hydrogens (tertiary/aromatic N) is 3. The number of aromatic amines is 1. The number of benzene rings is 1. The molecule has 178 valence electrons. The highest BCUT2D eigenvalue weighted by molar-refractivity contribution is 7.87. The third-order valence-electron chi connectivity index (χ3n) is 6.07. The number of carbonyl (C=O) groups excluding carboxylic acids is 1. The molecule has 0 bridgehead atoms. The minimum atomic E-state index is -4.59. The van der Waals surface area contributed by atoms with E-state index in [1.54, 1.807) is 13.3 Å². The third kappa shape index (κ3) is 3.96. The third-order valence-corrected chi connectivity index (χ3v) is 7.27. The van der Waals surface area contributed by atoms with Gasteiger partial charge in [0.25, 0.3) is 10.1 Å². The van der Waals surface area contributed by atoms with E-state index in [1.807, 2.05) is 47.2 Å². The maximum Gasteiger partial charge on any atom is 0.288 e. The Morgan fingerprint density at radius 2 is 2.15 bits per heavy atom. The van der Waals surface area contributed by atoms with E-state index in [2.05, 4.69) is 9.97 Å². The van der Waals surface area contributed by atoms with Crippen molar-refractivity contribution in [3.05, 3.63) is 48.8 Å². The van der Waals surface area contributed by atoms with Gasteiger partial charge in [-0.05, 0) is 43.3 Å². The molecule has 34 heavy (non-hydrogen) atoms. The quantitative estimate of drug-likeness (QED) is 0.400. The van der Waals surface area contributed by atoms with Crippen LogP contribution in [0.3, 0.4) is 0 Å². The minimum absolute atomic E-state index is 0.105. The Kier molecular flexibility index (Phi) is 5.64. The first-order valence-corrected chi connectivity index (χ1v) is 12.2. The number of fused-ring (bicyclic) bond motifs is 2. The van der Waals surface area contributed by atoms with Crippen molar-refractivity contribution in [2.45, 2.75) is 18.5 Å². The van der Waals surface area contributed by atoms with Gasteiger partial charge in [-0.1, -0.05) is 0 Å². The average molecular weight is 485 g/mol. The number of rotatable bonds is 6. The van der Waals surface area contributed by atoms with Crippen LogP contribution in [0.2, 0.25) is 0 Å². The van der Waals surface area contributed by atoms with Gasteiger partial charge in [-0.25, -0.2) is 4.98 Å². The van der Waals surface area contributed by atoms with Crippen molar-refractivity contribution in [2.75, 3.05) is 26.8 Å². The molecule has 3 aromatic heterocycles. The monoisotopic (exact) mass is 484 g/mol. The van der Waals surface area contributed by atoms with Gasteiger partial charge in [0.05, 0.1) is 19.2 Å². The number of hydrogen-bond donors (Lipinski definition) is 2. The van der Waals surface area contributed by atoms with E-state index in [4.69, 9.17) is 9.47 Å². The molecule has 1 aliphatic heterocycles. The highest BCUT2D eigenvalue weighted by Gasteiger charge is 2.38. The van der Waals surface area contributed by atoms with Gasteiger partial charge >= 0.3 is 0 Å². The molecule has 5 rings (SSSR count). The van der Waals surface area contributed by atoms with Crippen molar-refractivity contribution in [1.82, 2.24) is 19.4 Å². The van der Waals surface area contributed by atoms with Crippen molar-refractivity contribution in [2.24, 2.45) is 0 Å². The number of ketones is 1. The Bertz CT molecular complexity index is 1460. The lowest BCUT2D eigenvalue weighted by Gasteiger charge is -2.36. The smallest absolute Gasteiger partial charge is 0.288 e. The number of morpholine rings is 1. The van der Waals surface area contributed by atoms with E-state index in [-0.39, 0.29) is 19.7 Å². The molecule has 10 nitrogen and oxygen atoms in total. The molecule has 1 aliphatic rings. The zero-order valence-corrected chi connectivity index (χ0v) is 19.4. The second-order valence-electron chi connectivity index (χ2n) is 8.26. The topological polar surface area (TPSA) is 127 Å². The van der Waals surface area contributed by atoms with E-state index < -0.39 is 27.5 Å². The summed E-state index contributed by atoms with van der Waals surface area (Å²) < 4.78 is 46.8. The van der Waals surface area contributed by atoms with Crippen molar-refractivity contribution in [3.63, 3.8) is 0 Å². The predicted octanol–water partition coefficient (Wildman–Crippen LogP) is 2.83. The van der Waals surface area contributed by atoms with Crippen LogP contribution < -0.4 is 4.74 Å². The van der Waals surface area contributed by atoms with E-state index >= 15 is 0 Å². The van der Waals surface area contributed by atoms with Gasteiger partial charge in [-0.3, -0.25) is 14.2 Å². The number of aromatic nitrogens is 3. The van der Waals surface area contributed by atoms with Gasteiger partial charge in [0.2, 0.25) is 0 Å². The van der Waals surface area contributed by atoms with Crippen LogP contribution in [0.1, 0.15) is 13.2 Å². The average Bonchev–Trinajstić information content (AvgIpc) is 3.39. The van der Waals surface area contributed by atoms with Crippen molar-refractivity contribution in [1.29, 1.82) is 0 Å². The van der Waals surface area contributed by atoms with Crippen LogP contribution in [-0.2, 0) is 19.6 Å². The standard InChI is InChI=1S/C23H24N4O6S/c1-14(28)23(34(29,30)31)26-8-9-33-21(13-26)27-12-18(17-11-16(32-2)5-6-20(17)27)19-10-15-4-3-7-24-22(15)25-19/h3-7,10-12,21,23H,8-9,13H2,1-2H3,(H,24,25)(H,29,30,31). The number of pyridine rings is 1. The zero-order valence-electron chi connectivity index (χ0n) is 18.6. The highest BCUT2D eigenvalue weighted by Crippen LogP contribution is 2.36. The highest BCUT2D eigenvalue weighted by atomic mass is 32.2. The first kappa shape index (κ1) is 22.5. The Labute approximate surface area is 195 Å². The number of ether oxygens (including phenoxy) is 2. The van der Waals surface area contributed by atoms with Gasteiger partial charge in [0, 0.05) is 47.5 Å². The second-order valence-corrected chi connectivity index (χ2v) is 9.73. The Hall–Kier alpha value is -3.25. The van der Waals surface area contributed by atoms with Crippen LogP contribution in [0.25, 0.3) is 33.2 Å². The molecule has 2 atom stereocenters. The fourth-order valence-corrected chi connectivity index (χ4v) is 5.59. The first-order chi connectivity index (χ1) is 16.3. The van der Waals surface area contributed by atoms with Gasteiger partial charge < -0.3 is 19.0 Å². The molecule has 1 aromatic carbocycles. The molecule has 1 fully saturated rings. The normalized spacial score (nSPS) is 18.4. The maximum absolute atomic E-state index is 12.0. The fraction of sp³-hybridized carbons (Fsp3) is 0.304. The summed E-state index contributed by atoms with van der Waals surface area (Å²) in [6.45, 7) is 1.66. The molecule has 0 aliphatic carbocycles. The molecule has 1 saturated heterocycles. The molecule has 4 heterocycles. The summed E-state index contributed by atoms with van der Waals surface area (Å²) in [5, 5.41) is 0.253. The summed E-state index contributed by atoms with van der Waals surface area (Å²) in [7, 11) is -2.99. The van der Waals surface area contributed by atoms with E-state index in [0.717, 1.165) is 40.1 Å². The summed E-state index contributed by atoms with van der Waals surface area (Å²) in [4.78, 5) is 21.2. The van der Waals surface area contributed by atoms with E-state index in [0.29, 0.717) is 5.75 Å². The molecule has 0 amide bonds. The predicted molar refractivity (Wildman–Crippen MR) is 126 cm³/mol.